The standard InChI is InChI=1S/C66H129NO5/c1-3-5-7-9-11-13-15-17-19-30-34-38-42-46-50-54-58-64(69)63(62-68)67-65(70)59-55-51-47-43-39-35-31-28-26-24-22-21-23-25-27-29-33-37-41-45-49-53-57-61-72-66(71)60-56-52-48-44-40-36-32-20-18-16-14-12-10-8-6-4-2/h54,58,63-64,68-69H,3-53,55-57,59-62H2,1-2H3,(H,67,70)/b58-54+. The first-order chi connectivity index (χ1) is 35.5. The fourth-order valence-electron chi connectivity index (χ4n) is 10.5. The van der Waals surface area contributed by atoms with E-state index in [2.05, 4.69) is 19.2 Å². The van der Waals surface area contributed by atoms with Gasteiger partial charge in [-0.25, -0.2) is 0 Å². The average Bonchev–Trinajstić information content (AvgIpc) is 3.38. The summed E-state index contributed by atoms with van der Waals surface area (Å²) in [4.78, 5) is 24.6. The molecule has 0 saturated carbocycles. The molecule has 1 amide bonds. The summed E-state index contributed by atoms with van der Waals surface area (Å²) in [6.07, 6.45) is 75.5. The molecule has 72 heavy (non-hydrogen) atoms. The summed E-state index contributed by atoms with van der Waals surface area (Å²) in [5, 5.41) is 23.2. The number of unbranched alkanes of at least 4 members (excludes halogenated alkanes) is 51. The van der Waals surface area contributed by atoms with Gasteiger partial charge in [-0.2, -0.15) is 0 Å². The van der Waals surface area contributed by atoms with Crippen LogP contribution in [-0.2, 0) is 14.3 Å². The van der Waals surface area contributed by atoms with Crippen LogP contribution in [0.3, 0.4) is 0 Å². The summed E-state index contributed by atoms with van der Waals surface area (Å²) in [7, 11) is 0. The maximum Gasteiger partial charge on any atom is 0.305 e. The van der Waals surface area contributed by atoms with Gasteiger partial charge in [0.05, 0.1) is 25.4 Å². The number of carbonyl (C=O) groups is 2. The molecule has 0 saturated heterocycles. The first kappa shape index (κ1) is 70.6. The third-order valence-corrected chi connectivity index (χ3v) is 15.6. The summed E-state index contributed by atoms with van der Waals surface area (Å²) in [6, 6.07) is -0.627. The van der Waals surface area contributed by atoms with Crippen molar-refractivity contribution in [3.63, 3.8) is 0 Å². The van der Waals surface area contributed by atoms with Crippen LogP contribution < -0.4 is 5.32 Å². The Bertz CT molecular complexity index is 1080. The van der Waals surface area contributed by atoms with Crippen LogP contribution in [0.5, 0.6) is 0 Å². The summed E-state index contributed by atoms with van der Waals surface area (Å²) in [5.74, 6) is -0.0463. The first-order valence-corrected chi connectivity index (χ1v) is 33.0. The highest BCUT2D eigenvalue weighted by Gasteiger charge is 2.18. The predicted octanol–water partition coefficient (Wildman–Crippen LogP) is 20.8. The maximum absolute atomic E-state index is 12.5. The first-order valence-electron chi connectivity index (χ1n) is 33.0. The third-order valence-electron chi connectivity index (χ3n) is 15.6. The molecule has 0 aromatic heterocycles. The number of allylic oxidation sites excluding steroid dienone is 1. The minimum absolute atomic E-state index is 0.0182. The van der Waals surface area contributed by atoms with Crippen molar-refractivity contribution in [2.24, 2.45) is 0 Å². The second-order valence-corrected chi connectivity index (χ2v) is 22.8. The normalized spacial score (nSPS) is 12.6. The molecule has 0 spiro atoms. The smallest absolute Gasteiger partial charge is 0.305 e. The molecule has 0 radical (unpaired) electrons. The lowest BCUT2D eigenvalue weighted by Crippen LogP contribution is -2.45. The van der Waals surface area contributed by atoms with E-state index in [9.17, 15) is 19.8 Å². The van der Waals surface area contributed by atoms with Crippen LogP contribution in [-0.4, -0.2) is 47.4 Å². The number of rotatable bonds is 62. The van der Waals surface area contributed by atoms with Crippen molar-refractivity contribution in [2.75, 3.05) is 13.2 Å². The number of esters is 1. The molecule has 428 valence electrons. The lowest BCUT2D eigenvalue weighted by Gasteiger charge is -2.20. The van der Waals surface area contributed by atoms with Crippen LogP contribution >= 0.6 is 0 Å². The molecular formula is C66H129NO5. The molecule has 6 heteroatoms. The number of hydrogen-bond acceptors (Lipinski definition) is 5. The summed E-state index contributed by atoms with van der Waals surface area (Å²) >= 11 is 0. The van der Waals surface area contributed by atoms with Crippen molar-refractivity contribution >= 4 is 11.9 Å². The monoisotopic (exact) mass is 1020 g/mol. The van der Waals surface area contributed by atoms with Crippen LogP contribution in [0.2, 0.25) is 0 Å². The fourth-order valence-corrected chi connectivity index (χ4v) is 10.5. The number of amides is 1. The summed E-state index contributed by atoms with van der Waals surface area (Å²) in [5.41, 5.74) is 0. The van der Waals surface area contributed by atoms with Crippen LogP contribution in [0.25, 0.3) is 0 Å². The van der Waals surface area contributed by atoms with E-state index >= 15 is 0 Å². The number of carbonyl (C=O) groups excluding carboxylic acids is 2. The van der Waals surface area contributed by atoms with Crippen molar-refractivity contribution < 1.29 is 24.5 Å². The molecule has 0 heterocycles. The van der Waals surface area contributed by atoms with Crippen molar-refractivity contribution in [2.45, 2.75) is 386 Å². The van der Waals surface area contributed by atoms with Gasteiger partial charge >= 0.3 is 5.97 Å². The highest BCUT2D eigenvalue weighted by Crippen LogP contribution is 2.19. The molecule has 0 aliphatic heterocycles. The number of aliphatic hydroxyl groups is 2. The Kier molecular flexibility index (Phi) is 60.9. The largest absolute Gasteiger partial charge is 0.466 e. The van der Waals surface area contributed by atoms with Gasteiger partial charge in [-0.1, -0.05) is 341 Å². The quantitative estimate of drug-likeness (QED) is 0.0320. The molecule has 0 aromatic rings. The van der Waals surface area contributed by atoms with Gasteiger partial charge in [0.1, 0.15) is 0 Å². The zero-order chi connectivity index (χ0) is 52.2. The van der Waals surface area contributed by atoms with E-state index in [1.54, 1.807) is 6.08 Å². The van der Waals surface area contributed by atoms with Crippen molar-refractivity contribution in [3.8, 4) is 0 Å². The number of ether oxygens (including phenoxy) is 1. The number of hydrogen-bond donors (Lipinski definition) is 3. The van der Waals surface area contributed by atoms with Crippen LogP contribution in [0.4, 0.5) is 0 Å². The van der Waals surface area contributed by atoms with Crippen LogP contribution in [0.1, 0.15) is 373 Å². The van der Waals surface area contributed by atoms with Gasteiger partial charge in [-0.05, 0) is 32.1 Å². The molecule has 3 N–H and O–H groups in total. The highest BCUT2D eigenvalue weighted by molar-refractivity contribution is 5.76. The summed E-state index contributed by atoms with van der Waals surface area (Å²) in [6.45, 7) is 4.94. The Morgan fingerprint density at radius 3 is 0.944 bits per heavy atom. The Morgan fingerprint density at radius 2 is 0.639 bits per heavy atom. The zero-order valence-corrected chi connectivity index (χ0v) is 48.9. The molecule has 0 rings (SSSR count). The van der Waals surface area contributed by atoms with Gasteiger partial charge in [0, 0.05) is 12.8 Å². The molecule has 0 bridgehead atoms. The minimum Gasteiger partial charge on any atom is -0.466 e. The third kappa shape index (κ3) is 57.9. The molecule has 0 fully saturated rings. The van der Waals surface area contributed by atoms with E-state index in [4.69, 9.17) is 4.74 Å². The molecule has 2 unspecified atom stereocenters. The van der Waals surface area contributed by atoms with Gasteiger partial charge in [-0.15, -0.1) is 0 Å². The lowest BCUT2D eigenvalue weighted by atomic mass is 10.0. The summed E-state index contributed by atoms with van der Waals surface area (Å²) < 4.78 is 5.50. The van der Waals surface area contributed by atoms with E-state index in [0.717, 1.165) is 38.5 Å². The van der Waals surface area contributed by atoms with E-state index in [-0.39, 0.29) is 18.5 Å². The van der Waals surface area contributed by atoms with Crippen molar-refractivity contribution in [3.05, 3.63) is 12.2 Å². The Balaban J connectivity index is 3.37. The average molecular weight is 1020 g/mol. The SMILES string of the molecule is CCCCCCCCCCCCCCCC/C=C/C(O)C(CO)NC(=O)CCCCCCCCCCCCCCCCCCCCCCCCCOC(=O)CCCCCCCCCCCCCCCCCC. The minimum atomic E-state index is -0.843. The topological polar surface area (TPSA) is 95.9 Å². The number of nitrogens with one attached hydrogen (secondary N) is 1. The zero-order valence-electron chi connectivity index (χ0n) is 48.9. The molecule has 0 aliphatic carbocycles. The maximum atomic E-state index is 12.5. The lowest BCUT2D eigenvalue weighted by molar-refractivity contribution is -0.143. The van der Waals surface area contributed by atoms with Crippen molar-refractivity contribution in [1.82, 2.24) is 5.32 Å². The van der Waals surface area contributed by atoms with E-state index < -0.39 is 12.1 Å². The van der Waals surface area contributed by atoms with Gasteiger partial charge in [0.25, 0.3) is 0 Å². The van der Waals surface area contributed by atoms with Gasteiger partial charge < -0.3 is 20.3 Å². The molecule has 0 aromatic carbocycles. The molecule has 0 aliphatic rings. The van der Waals surface area contributed by atoms with Gasteiger partial charge in [0.15, 0.2) is 0 Å². The number of aliphatic hydroxyl groups excluding tert-OH is 2. The van der Waals surface area contributed by atoms with Crippen LogP contribution in [0.15, 0.2) is 12.2 Å². The van der Waals surface area contributed by atoms with Crippen molar-refractivity contribution in [1.29, 1.82) is 0 Å². The molecule has 6 nitrogen and oxygen atoms in total. The molecule has 2 atom stereocenters. The second-order valence-electron chi connectivity index (χ2n) is 22.8. The Morgan fingerprint density at radius 1 is 0.375 bits per heavy atom. The fraction of sp³-hybridized carbons (Fsp3) is 0.939. The molecular weight excluding hydrogens is 887 g/mol. The predicted molar refractivity (Wildman–Crippen MR) is 315 cm³/mol. The second kappa shape index (κ2) is 62.1. The highest BCUT2D eigenvalue weighted by atomic mass is 16.5. The van der Waals surface area contributed by atoms with E-state index in [0.29, 0.717) is 19.4 Å². The van der Waals surface area contributed by atoms with Crippen LogP contribution in [0, 0.1) is 0 Å². The Hall–Kier alpha value is -1.40. The van der Waals surface area contributed by atoms with Gasteiger partial charge in [0.2, 0.25) is 5.91 Å². The van der Waals surface area contributed by atoms with Gasteiger partial charge in [-0.3, -0.25) is 9.59 Å². The van der Waals surface area contributed by atoms with E-state index in [1.165, 1.54) is 308 Å². The Labute approximate surface area is 450 Å². The van der Waals surface area contributed by atoms with E-state index in [1.807, 2.05) is 6.08 Å².